The van der Waals surface area contributed by atoms with Crippen LogP contribution in [0.4, 0.5) is 0 Å². The van der Waals surface area contributed by atoms with Gasteiger partial charge in [-0.1, -0.05) is 6.92 Å². The van der Waals surface area contributed by atoms with Crippen molar-refractivity contribution in [2.24, 2.45) is 0 Å². The van der Waals surface area contributed by atoms with Gasteiger partial charge in [0.15, 0.2) is 11.5 Å². The molecule has 0 aliphatic rings. The Bertz CT molecular complexity index is 301. The van der Waals surface area contributed by atoms with E-state index in [0.717, 1.165) is 11.3 Å². The minimum Gasteiger partial charge on any atom is -0.504 e. The van der Waals surface area contributed by atoms with Gasteiger partial charge in [-0.3, -0.25) is 0 Å². The van der Waals surface area contributed by atoms with E-state index in [2.05, 4.69) is 0 Å². The second-order valence-electron chi connectivity index (χ2n) is 3.02. The van der Waals surface area contributed by atoms with Gasteiger partial charge in [-0.05, 0) is 24.6 Å². The summed E-state index contributed by atoms with van der Waals surface area (Å²) in [7, 11) is 0. The molecule has 14 heavy (non-hydrogen) atoms. The number of hydrogen-bond donors (Lipinski definition) is 3. The van der Waals surface area contributed by atoms with Crippen molar-refractivity contribution >= 4 is 11.8 Å². The van der Waals surface area contributed by atoms with Crippen LogP contribution in [0.5, 0.6) is 11.5 Å². The topological polar surface area (TPSA) is 60.7 Å². The summed E-state index contributed by atoms with van der Waals surface area (Å²) in [4.78, 5) is 0.841. The summed E-state index contributed by atoms with van der Waals surface area (Å²) in [6, 6.07) is 4.64. The second kappa shape index (κ2) is 5.12. The minimum absolute atomic E-state index is 0.120. The molecule has 0 aliphatic carbocycles. The zero-order valence-corrected chi connectivity index (χ0v) is 8.79. The molecule has 1 aromatic rings. The van der Waals surface area contributed by atoms with Crippen LogP contribution in [-0.2, 0) is 0 Å². The third kappa shape index (κ3) is 3.12. The summed E-state index contributed by atoms with van der Waals surface area (Å²) < 4.78 is 0. The van der Waals surface area contributed by atoms with Crippen molar-refractivity contribution in [1.82, 2.24) is 0 Å². The van der Waals surface area contributed by atoms with Gasteiger partial charge in [0.05, 0.1) is 6.10 Å². The molecule has 1 aromatic carbocycles. The van der Waals surface area contributed by atoms with Gasteiger partial charge in [0.1, 0.15) is 0 Å². The average molecular weight is 214 g/mol. The molecule has 0 fully saturated rings. The van der Waals surface area contributed by atoms with E-state index in [1.807, 2.05) is 6.92 Å². The summed E-state index contributed by atoms with van der Waals surface area (Å²) in [6.45, 7) is 1.92. The van der Waals surface area contributed by atoms with Crippen molar-refractivity contribution in [3.8, 4) is 11.5 Å². The van der Waals surface area contributed by atoms with Gasteiger partial charge < -0.3 is 15.3 Å². The van der Waals surface area contributed by atoms with Crippen LogP contribution in [0.15, 0.2) is 23.1 Å². The number of aliphatic hydroxyl groups is 1. The molecular weight excluding hydrogens is 200 g/mol. The molecule has 0 aliphatic heterocycles. The van der Waals surface area contributed by atoms with Gasteiger partial charge in [0.2, 0.25) is 0 Å². The molecule has 1 rings (SSSR count). The summed E-state index contributed by atoms with van der Waals surface area (Å²) >= 11 is 1.45. The highest BCUT2D eigenvalue weighted by Gasteiger charge is 2.04. The van der Waals surface area contributed by atoms with Crippen molar-refractivity contribution in [1.29, 1.82) is 0 Å². The average Bonchev–Trinajstić information content (AvgIpc) is 2.19. The number of phenolic OH excluding ortho intramolecular Hbond substituents is 2. The predicted molar refractivity (Wildman–Crippen MR) is 56.8 cm³/mol. The van der Waals surface area contributed by atoms with Gasteiger partial charge >= 0.3 is 0 Å². The fourth-order valence-corrected chi connectivity index (χ4v) is 1.88. The fraction of sp³-hybridized carbons (Fsp3) is 0.400. The lowest BCUT2D eigenvalue weighted by Gasteiger charge is -2.07. The Hall–Kier alpha value is -0.870. The van der Waals surface area contributed by atoms with Crippen molar-refractivity contribution in [2.75, 3.05) is 5.75 Å². The van der Waals surface area contributed by atoms with Gasteiger partial charge in [-0.25, -0.2) is 0 Å². The summed E-state index contributed by atoms with van der Waals surface area (Å²) in [5, 5.41) is 27.6. The van der Waals surface area contributed by atoms with Crippen LogP contribution in [0, 0.1) is 0 Å². The minimum atomic E-state index is -0.323. The highest BCUT2D eigenvalue weighted by atomic mass is 32.2. The molecule has 0 amide bonds. The lowest BCUT2D eigenvalue weighted by Crippen LogP contribution is -2.06. The fourth-order valence-electron chi connectivity index (χ4n) is 0.903. The first-order valence-corrected chi connectivity index (χ1v) is 5.45. The first kappa shape index (κ1) is 11.2. The zero-order chi connectivity index (χ0) is 10.6. The van der Waals surface area contributed by atoms with Crippen molar-refractivity contribution < 1.29 is 15.3 Å². The van der Waals surface area contributed by atoms with E-state index in [1.54, 1.807) is 6.07 Å². The maximum absolute atomic E-state index is 9.31. The number of benzene rings is 1. The monoisotopic (exact) mass is 214 g/mol. The first-order valence-electron chi connectivity index (χ1n) is 4.46. The molecule has 0 bridgehead atoms. The highest BCUT2D eigenvalue weighted by Crippen LogP contribution is 2.30. The molecule has 1 unspecified atom stereocenters. The predicted octanol–water partition coefficient (Wildman–Crippen LogP) is 1.96. The molecule has 0 spiro atoms. The van der Waals surface area contributed by atoms with Crippen LogP contribution in [-0.4, -0.2) is 27.2 Å². The number of phenols is 2. The van der Waals surface area contributed by atoms with Crippen LogP contribution in [0.3, 0.4) is 0 Å². The molecule has 4 heteroatoms. The zero-order valence-electron chi connectivity index (χ0n) is 7.97. The lowest BCUT2D eigenvalue weighted by atomic mass is 10.3. The van der Waals surface area contributed by atoms with Crippen LogP contribution < -0.4 is 0 Å². The van der Waals surface area contributed by atoms with Crippen LogP contribution >= 0.6 is 11.8 Å². The van der Waals surface area contributed by atoms with E-state index < -0.39 is 0 Å². The SMILES string of the molecule is CCC(O)CSc1ccc(O)c(O)c1. The molecule has 0 radical (unpaired) electrons. The Kier molecular flexibility index (Phi) is 4.10. The molecule has 0 heterocycles. The summed E-state index contributed by atoms with van der Waals surface area (Å²) in [5.41, 5.74) is 0. The maximum atomic E-state index is 9.31. The van der Waals surface area contributed by atoms with Crippen molar-refractivity contribution in [2.45, 2.75) is 24.3 Å². The number of hydrogen-bond acceptors (Lipinski definition) is 4. The number of thioether (sulfide) groups is 1. The van der Waals surface area contributed by atoms with E-state index in [-0.39, 0.29) is 17.6 Å². The lowest BCUT2D eigenvalue weighted by molar-refractivity contribution is 0.195. The Morgan fingerprint density at radius 3 is 2.57 bits per heavy atom. The molecule has 0 saturated carbocycles. The van der Waals surface area contributed by atoms with Gasteiger partial charge in [-0.15, -0.1) is 11.8 Å². The molecule has 0 saturated heterocycles. The van der Waals surface area contributed by atoms with E-state index in [1.165, 1.54) is 23.9 Å². The quantitative estimate of drug-likeness (QED) is 0.529. The Labute approximate surface area is 87.4 Å². The second-order valence-corrected chi connectivity index (χ2v) is 4.12. The maximum Gasteiger partial charge on any atom is 0.158 e. The van der Waals surface area contributed by atoms with E-state index in [4.69, 9.17) is 5.11 Å². The molecule has 1 atom stereocenters. The molecule has 3 N–H and O–H groups in total. The van der Waals surface area contributed by atoms with Crippen molar-refractivity contribution in [3.05, 3.63) is 18.2 Å². The summed E-state index contributed by atoms with van der Waals surface area (Å²) in [6.07, 6.45) is 0.396. The largest absolute Gasteiger partial charge is 0.504 e. The first-order chi connectivity index (χ1) is 6.63. The smallest absolute Gasteiger partial charge is 0.158 e. The molecule has 78 valence electrons. The third-order valence-corrected chi connectivity index (χ3v) is 3.00. The van der Waals surface area contributed by atoms with Crippen LogP contribution in [0.2, 0.25) is 0 Å². The van der Waals surface area contributed by atoms with Gasteiger partial charge in [0.25, 0.3) is 0 Å². The standard InChI is InChI=1S/C10H14O3S/c1-2-7(11)6-14-8-3-4-9(12)10(13)5-8/h3-5,7,11-13H,2,6H2,1H3. The third-order valence-electron chi connectivity index (χ3n) is 1.86. The molecular formula is C10H14O3S. The Morgan fingerprint density at radius 2 is 2.00 bits per heavy atom. The molecule has 3 nitrogen and oxygen atoms in total. The van der Waals surface area contributed by atoms with Gasteiger partial charge in [0, 0.05) is 10.6 Å². The van der Waals surface area contributed by atoms with Crippen LogP contribution in [0.1, 0.15) is 13.3 Å². The van der Waals surface area contributed by atoms with Crippen molar-refractivity contribution in [3.63, 3.8) is 0 Å². The number of aromatic hydroxyl groups is 2. The summed E-state index contributed by atoms with van der Waals surface area (Å²) in [5.74, 6) is 0.354. The van der Waals surface area contributed by atoms with E-state index in [9.17, 15) is 10.2 Å². The normalized spacial score (nSPS) is 12.7. The number of rotatable bonds is 4. The van der Waals surface area contributed by atoms with Gasteiger partial charge in [-0.2, -0.15) is 0 Å². The van der Waals surface area contributed by atoms with Crippen LogP contribution in [0.25, 0.3) is 0 Å². The van der Waals surface area contributed by atoms with E-state index in [0.29, 0.717) is 5.75 Å². The Balaban J connectivity index is 2.55. The number of aliphatic hydroxyl groups excluding tert-OH is 1. The highest BCUT2D eigenvalue weighted by molar-refractivity contribution is 7.99. The Morgan fingerprint density at radius 1 is 1.29 bits per heavy atom. The van der Waals surface area contributed by atoms with E-state index >= 15 is 0 Å². The molecule has 0 aromatic heterocycles.